The highest BCUT2D eigenvalue weighted by Gasteiger charge is 2.10. The number of aryl methyl sites for hydroxylation is 1. The number of benzene rings is 1. The molecule has 0 saturated carbocycles. The van der Waals surface area contributed by atoms with E-state index in [0.717, 1.165) is 11.1 Å². The van der Waals surface area contributed by atoms with Gasteiger partial charge in [-0.05, 0) is 25.5 Å². The van der Waals surface area contributed by atoms with Crippen LogP contribution in [-0.4, -0.2) is 24.7 Å². The Morgan fingerprint density at radius 2 is 2.24 bits per heavy atom. The maximum absolute atomic E-state index is 10.9. The molecule has 0 aliphatic heterocycles. The van der Waals surface area contributed by atoms with Crippen molar-refractivity contribution in [2.24, 2.45) is 0 Å². The summed E-state index contributed by atoms with van der Waals surface area (Å²) in [5.74, 6) is 0.0425. The maximum Gasteiger partial charge on any atom is 0.306 e. The highest BCUT2D eigenvalue weighted by Crippen LogP contribution is 2.24. The Morgan fingerprint density at radius 1 is 1.53 bits per heavy atom. The van der Waals surface area contributed by atoms with E-state index in [-0.39, 0.29) is 17.8 Å². The number of esters is 1. The molecule has 0 aromatic heterocycles. The molecule has 1 aromatic rings. The standard InChI is InChI=1S/C13H19NO3/c1-9-4-5-11(12(15)8-9)10(2)14-7-6-13(16)17-3/h4-5,8,10,14-15H,6-7H2,1-3H3. The van der Waals surface area contributed by atoms with Gasteiger partial charge in [-0.1, -0.05) is 12.1 Å². The molecule has 4 nitrogen and oxygen atoms in total. The van der Waals surface area contributed by atoms with Gasteiger partial charge in [0.2, 0.25) is 0 Å². The van der Waals surface area contributed by atoms with Crippen LogP contribution in [0.1, 0.15) is 30.5 Å². The molecule has 0 aliphatic rings. The fourth-order valence-corrected chi connectivity index (χ4v) is 1.62. The second-order valence-corrected chi connectivity index (χ2v) is 4.06. The van der Waals surface area contributed by atoms with Crippen LogP contribution in [0.5, 0.6) is 5.75 Å². The first-order valence-electron chi connectivity index (χ1n) is 5.64. The van der Waals surface area contributed by atoms with E-state index in [2.05, 4.69) is 10.1 Å². The number of ether oxygens (including phenoxy) is 1. The molecular weight excluding hydrogens is 218 g/mol. The zero-order valence-corrected chi connectivity index (χ0v) is 10.5. The summed E-state index contributed by atoms with van der Waals surface area (Å²) in [6.07, 6.45) is 0.327. The van der Waals surface area contributed by atoms with E-state index in [1.165, 1.54) is 7.11 Å². The minimum Gasteiger partial charge on any atom is -0.508 e. The van der Waals surface area contributed by atoms with Gasteiger partial charge in [0.25, 0.3) is 0 Å². The molecule has 0 amide bonds. The lowest BCUT2D eigenvalue weighted by atomic mass is 10.1. The van der Waals surface area contributed by atoms with Crippen molar-refractivity contribution in [1.82, 2.24) is 5.32 Å². The van der Waals surface area contributed by atoms with Crippen LogP contribution in [0.3, 0.4) is 0 Å². The van der Waals surface area contributed by atoms with Gasteiger partial charge in [-0.25, -0.2) is 0 Å². The second-order valence-electron chi connectivity index (χ2n) is 4.06. The number of phenols is 1. The van der Waals surface area contributed by atoms with Crippen LogP contribution in [0.4, 0.5) is 0 Å². The first-order valence-corrected chi connectivity index (χ1v) is 5.64. The number of nitrogens with one attached hydrogen (secondary N) is 1. The van der Waals surface area contributed by atoms with Crippen molar-refractivity contribution in [1.29, 1.82) is 0 Å². The molecule has 4 heteroatoms. The van der Waals surface area contributed by atoms with Gasteiger partial charge in [0.15, 0.2) is 0 Å². The molecule has 0 radical (unpaired) electrons. The first kappa shape index (κ1) is 13.5. The average molecular weight is 237 g/mol. The molecule has 0 spiro atoms. The van der Waals surface area contributed by atoms with Crippen molar-refractivity contribution in [3.05, 3.63) is 29.3 Å². The van der Waals surface area contributed by atoms with Crippen molar-refractivity contribution in [3.63, 3.8) is 0 Å². The molecule has 17 heavy (non-hydrogen) atoms. The Morgan fingerprint density at radius 3 is 2.82 bits per heavy atom. The molecule has 2 N–H and O–H groups in total. The van der Waals surface area contributed by atoms with E-state index < -0.39 is 0 Å². The van der Waals surface area contributed by atoms with Gasteiger partial charge in [0, 0.05) is 18.2 Å². The highest BCUT2D eigenvalue weighted by atomic mass is 16.5. The van der Waals surface area contributed by atoms with Crippen molar-refractivity contribution in [2.45, 2.75) is 26.3 Å². The summed E-state index contributed by atoms with van der Waals surface area (Å²) in [6.45, 7) is 4.40. The number of carbonyl (C=O) groups excluding carboxylic acids is 1. The Bertz CT molecular complexity index is 390. The van der Waals surface area contributed by atoms with Crippen molar-refractivity contribution in [3.8, 4) is 5.75 Å². The number of hydrogen-bond acceptors (Lipinski definition) is 4. The van der Waals surface area contributed by atoms with Crippen LogP contribution in [0.2, 0.25) is 0 Å². The molecule has 0 saturated heterocycles. The molecule has 94 valence electrons. The average Bonchev–Trinajstić information content (AvgIpc) is 2.28. The second kappa shape index (κ2) is 6.25. The van der Waals surface area contributed by atoms with Gasteiger partial charge >= 0.3 is 5.97 Å². The zero-order valence-electron chi connectivity index (χ0n) is 10.5. The van der Waals surface area contributed by atoms with Crippen molar-refractivity contribution < 1.29 is 14.6 Å². The van der Waals surface area contributed by atoms with Crippen LogP contribution >= 0.6 is 0 Å². The van der Waals surface area contributed by atoms with E-state index in [9.17, 15) is 9.90 Å². The number of phenolic OH excluding ortho intramolecular Hbond substituents is 1. The number of aromatic hydroxyl groups is 1. The molecule has 0 heterocycles. The van der Waals surface area contributed by atoms with Gasteiger partial charge in [-0.3, -0.25) is 4.79 Å². The van der Waals surface area contributed by atoms with Gasteiger partial charge in [0.1, 0.15) is 5.75 Å². The quantitative estimate of drug-likeness (QED) is 0.768. The zero-order chi connectivity index (χ0) is 12.8. The van der Waals surface area contributed by atoms with E-state index >= 15 is 0 Å². The normalized spacial score (nSPS) is 12.2. The van der Waals surface area contributed by atoms with Crippen LogP contribution in [0.15, 0.2) is 18.2 Å². The molecule has 1 rings (SSSR count). The summed E-state index contributed by atoms with van der Waals surface area (Å²) in [6, 6.07) is 5.57. The lowest BCUT2D eigenvalue weighted by molar-refractivity contribution is -0.140. The maximum atomic E-state index is 10.9. The summed E-state index contributed by atoms with van der Waals surface area (Å²) < 4.78 is 4.55. The van der Waals surface area contributed by atoms with E-state index in [4.69, 9.17) is 0 Å². The summed E-state index contributed by atoms with van der Waals surface area (Å²) >= 11 is 0. The van der Waals surface area contributed by atoms with Gasteiger partial charge in [-0.2, -0.15) is 0 Å². The van der Waals surface area contributed by atoms with Gasteiger partial charge in [-0.15, -0.1) is 0 Å². The number of carbonyl (C=O) groups is 1. The predicted molar refractivity (Wildman–Crippen MR) is 65.9 cm³/mol. The minimum absolute atomic E-state index is 0.000237. The summed E-state index contributed by atoms with van der Waals surface area (Å²) in [4.78, 5) is 10.9. The third kappa shape index (κ3) is 4.07. The monoisotopic (exact) mass is 237 g/mol. The Labute approximate surface area is 102 Å². The van der Waals surface area contributed by atoms with Crippen molar-refractivity contribution >= 4 is 5.97 Å². The predicted octanol–water partition coefficient (Wildman–Crippen LogP) is 1.91. The summed E-state index contributed by atoms with van der Waals surface area (Å²) in [5.41, 5.74) is 1.86. The molecule has 1 atom stereocenters. The van der Waals surface area contributed by atoms with Gasteiger partial charge < -0.3 is 15.2 Å². The SMILES string of the molecule is COC(=O)CCNC(C)c1ccc(C)cc1O. The third-order valence-electron chi connectivity index (χ3n) is 2.66. The van der Waals surface area contributed by atoms with E-state index in [1.54, 1.807) is 6.07 Å². The Kier molecular flexibility index (Phi) is 4.97. The molecule has 1 unspecified atom stereocenters. The van der Waals surface area contributed by atoms with Crippen molar-refractivity contribution in [2.75, 3.05) is 13.7 Å². The lowest BCUT2D eigenvalue weighted by Crippen LogP contribution is -2.22. The highest BCUT2D eigenvalue weighted by molar-refractivity contribution is 5.69. The largest absolute Gasteiger partial charge is 0.508 e. The number of hydrogen-bond donors (Lipinski definition) is 2. The Balaban J connectivity index is 2.52. The third-order valence-corrected chi connectivity index (χ3v) is 2.66. The van der Waals surface area contributed by atoms with Crippen LogP contribution in [0.25, 0.3) is 0 Å². The minimum atomic E-state index is -0.238. The molecule has 0 fully saturated rings. The topological polar surface area (TPSA) is 58.6 Å². The smallest absolute Gasteiger partial charge is 0.306 e. The molecule has 0 bridgehead atoms. The lowest BCUT2D eigenvalue weighted by Gasteiger charge is -2.15. The number of methoxy groups -OCH3 is 1. The summed E-state index contributed by atoms with van der Waals surface area (Å²) in [5, 5.41) is 12.9. The fraction of sp³-hybridized carbons (Fsp3) is 0.462. The van der Waals surface area contributed by atoms with Crippen LogP contribution < -0.4 is 5.32 Å². The summed E-state index contributed by atoms with van der Waals surface area (Å²) in [7, 11) is 1.37. The Hall–Kier alpha value is -1.55. The molecular formula is C13H19NO3. The fourth-order valence-electron chi connectivity index (χ4n) is 1.62. The van der Waals surface area contributed by atoms with Crippen LogP contribution in [-0.2, 0) is 9.53 Å². The molecule has 1 aromatic carbocycles. The van der Waals surface area contributed by atoms with Gasteiger partial charge in [0.05, 0.1) is 13.5 Å². The molecule has 0 aliphatic carbocycles. The number of rotatable bonds is 5. The van der Waals surface area contributed by atoms with E-state index in [1.807, 2.05) is 26.0 Å². The van der Waals surface area contributed by atoms with Crippen LogP contribution in [0, 0.1) is 6.92 Å². The van der Waals surface area contributed by atoms with E-state index in [0.29, 0.717) is 13.0 Å². The first-order chi connectivity index (χ1) is 8.04.